The predicted octanol–water partition coefficient (Wildman–Crippen LogP) is 1.30. The third kappa shape index (κ3) is 5.91. The summed E-state index contributed by atoms with van der Waals surface area (Å²) in [5.74, 6) is -2.03. The van der Waals surface area contributed by atoms with E-state index in [1.54, 1.807) is 24.3 Å². The minimum Gasteiger partial charge on any atom is -0.465 e. The monoisotopic (exact) mass is 335 g/mol. The Bertz CT molecular complexity index is 649. The number of methoxy groups -OCH3 is 2. The van der Waals surface area contributed by atoms with E-state index in [2.05, 4.69) is 9.47 Å². The number of rotatable bonds is 5. The summed E-state index contributed by atoms with van der Waals surface area (Å²) in [5, 5.41) is 1.89. The van der Waals surface area contributed by atoms with Crippen molar-refractivity contribution in [2.24, 2.45) is 0 Å². The first kappa shape index (κ1) is 18.9. The minimum atomic E-state index is -1.16. The third-order valence-corrected chi connectivity index (χ3v) is 2.82. The van der Waals surface area contributed by atoms with Crippen LogP contribution in [0.1, 0.15) is 22.8 Å². The third-order valence-electron chi connectivity index (χ3n) is 2.82. The Morgan fingerprint density at radius 1 is 1.04 bits per heavy atom. The highest BCUT2D eigenvalue weighted by Crippen LogP contribution is 2.07. The molecule has 0 aliphatic heterocycles. The van der Waals surface area contributed by atoms with Crippen molar-refractivity contribution in [3.05, 3.63) is 41.5 Å². The summed E-state index contributed by atoms with van der Waals surface area (Å²) in [6, 6.07) is 6.32. The molecule has 0 fully saturated rings. The van der Waals surface area contributed by atoms with Crippen LogP contribution in [0.4, 0.5) is 4.79 Å². The van der Waals surface area contributed by atoms with Gasteiger partial charge in [-0.25, -0.2) is 14.4 Å². The normalized spacial score (nSPS) is 11.5. The first-order chi connectivity index (χ1) is 11.4. The molecular formula is C16H17NO7. The van der Waals surface area contributed by atoms with Crippen molar-refractivity contribution >= 4 is 30.0 Å². The topological polar surface area (TPSA) is 108 Å². The summed E-state index contributed by atoms with van der Waals surface area (Å²) in [6.07, 6.45) is 0.468. The van der Waals surface area contributed by atoms with Gasteiger partial charge in [0, 0.05) is 6.08 Å². The number of nitrogens with one attached hydrogen (secondary N) is 1. The standard InChI is InChI=1S/C16H17NO7/c1-10(14(19)17-16(21)23-3)24-13(18)9-6-11-4-7-12(8-5-11)15(20)22-2/h4-10H,1-3H3,(H,17,19,21)/b9-6+/t10-/m1/s1. The van der Waals surface area contributed by atoms with Crippen LogP contribution in [0.15, 0.2) is 30.3 Å². The van der Waals surface area contributed by atoms with E-state index < -0.39 is 30.0 Å². The molecule has 128 valence electrons. The van der Waals surface area contributed by atoms with Gasteiger partial charge in [-0.1, -0.05) is 12.1 Å². The number of amides is 2. The van der Waals surface area contributed by atoms with Gasteiger partial charge < -0.3 is 14.2 Å². The molecule has 0 saturated carbocycles. The van der Waals surface area contributed by atoms with Crippen LogP contribution in [-0.4, -0.2) is 44.3 Å². The summed E-state index contributed by atoms with van der Waals surface area (Å²) in [7, 11) is 2.39. The molecule has 0 aromatic heterocycles. The molecule has 1 aromatic rings. The number of alkyl carbamates (subject to hydrolysis) is 1. The van der Waals surface area contributed by atoms with Gasteiger partial charge in [0.05, 0.1) is 19.8 Å². The number of carbonyl (C=O) groups excluding carboxylic acids is 4. The molecule has 0 unspecified atom stereocenters. The van der Waals surface area contributed by atoms with Crippen molar-refractivity contribution in [3.63, 3.8) is 0 Å². The molecule has 0 aliphatic carbocycles. The van der Waals surface area contributed by atoms with Gasteiger partial charge in [-0.05, 0) is 30.7 Å². The van der Waals surface area contributed by atoms with Gasteiger partial charge in [-0.15, -0.1) is 0 Å². The van der Waals surface area contributed by atoms with Crippen LogP contribution in [0.5, 0.6) is 0 Å². The van der Waals surface area contributed by atoms with E-state index in [1.165, 1.54) is 20.1 Å². The summed E-state index contributed by atoms with van der Waals surface area (Å²) >= 11 is 0. The Kier molecular flexibility index (Phi) is 7.15. The van der Waals surface area contributed by atoms with E-state index in [-0.39, 0.29) is 0 Å². The first-order valence-electron chi connectivity index (χ1n) is 6.83. The zero-order chi connectivity index (χ0) is 18.1. The predicted molar refractivity (Wildman–Crippen MR) is 82.9 cm³/mol. The fourth-order valence-corrected chi connectivity index (χ4v) is 1.53. The fourth-order valence-electron chi connectivity index (χ4n) is 1.53. The molecule has 2 amide bonds. The number of hydrogen-bond donors (Lipinski definition) is 1. The highest BCUT2D eigenvalue weighted by molar-refractivity contribution is 5.96. The van der Waals surface area contributed by atoms with Crippen LogP contribution in [0, 0.1) is 0 Å². The lowest BCUT2D eigenvalue weighted by atomic mass is 10.1. The number of hydrogen-bond acceptors (Lipinski definition) is 7. The molecule has 0 aliphatic rings. The molecule has 0 spiro atoms. The van der Waals surface area contributed by atoms with E-state index in [9.17, 15) is 19.2 Å². The maximum atomic E-state index is 11.6. The van der Waals surface area contributed by atoms with Gasteiger partial charge in [0.2, 0.25) is 0 Å². The maximum absolute atomic E-state index is 11.6. The second kappa shape index (κ2) is 9.09. The van der Waals surface area contributed by atoms with Crippen LogP contribution >= 0.6 is 0 Å². The SMILES string of the molecule is COC(=O)NC(=O)[C@@H](C)OC(=O)/C=C/c1ccc(C(=O)OC)cc1. The molecule has 0 radical (unpaired) electrons. The minimum absolute atomic E-state index is 0.380. The molecule has 1 rings (SSSR count). The van der Waals surface area contributed by atoms with Crippen molar-refractivity contribution in [1.82, 2.24) is 5.32 Å². The smallest absolute Gasteiger partial charge is 0.413 e. The van der Waals surface area contributed by atoms with Gasteiger partial charge in [-0.3, -0.25) is 10.1 Å². The summed E-state index contributed by atoms with van der Waals surface area (Å²) in [5.41, 5.74) is 1.02. The van der Waals surface area contributed by atoms with E-state index in [0.717, 1.165) is 13.2 Å². The van der Waals surface area contributed by atoms with Crippen molar-refractivity contribution in [3.8, 4) is 0 Å². The number of imide groups is 1. The number of ether oxygens (including phenoxy) is 3. The Morgan fingerprint density at radius 3 is 2.21 bits per heavy atom. The zero-order valence-corrected chi connectivity index (χ0v) is 13.4. The van der Waals surface area contributed by atoms with Crippen LogP contribution < -0.4 is 5.32 Å². The van der Waals surface area contributed by atoms with Crippen molar-refractivity contribution in [1.29, 1.82) is 0 Å². The second-order valence-corrected chi connectivity index (χ2v) is 4.51. The lowest BCUT2D eigenvalue weighted by molar-refractivity contribution is -0.149. The van der Waals surface area contributed by atoms with Gasteiger partial charge in [0.1, 0.15) is 0 Å². The molecule has 0 heterocycles. The van der Waals surface area contributed by atoms with Crippen LogP contribution in [0.25, 0.3) is 6.08 Å². The van der Waals surface area contributed by atoms with E-state index in [1.807, 2.05) is 5.32 Å². The Hall–Kier alpha value is -3.16. The van der Waals surface area contributed by atoms with Gasteiger partial charge in [0.15, 0.2) is 6.10 Å². The summed E-state index contributed by atoms with van der Waals surface area (Å²) in [6.45, 7) is 1.31. The van der Waals surface area contributed by atoms with Gasteiger partial charge >= 0.3 is 18.0 Å². The first-order valence-corrected chi connectivity index (χ1v) is 6.83. The van der Waals surface area contributed by atoms with Crippen molar-refractivity contribution < 1.29 is 33.4 Å². The second-order valence-electron chi connectivity index (χ2n) is 4.51. The molecule has 1 N–H and O–H groups in total. The molecule has 8 heteroatoms. The fraction of sp³-hybridized carbons (Fsp3) is 0.250. The van der Waals surface area contributed by atoms with Crippen LogP contribution in [0.2, 0.25) is 0 Å². The molecule has 0 saturated heterocycles. The Morgan fingerprint density at radius 2 is 1.67 bits per heavy atom. The average Bonchev–Trinajstić information content (AvgIpc) is 2.59. The Labute approximate surface area is 138 Å². The maximum Gasteiger partial charge on any atom is 0.413 e. The number of carbonyl (C=O) groups is 4. The van der Waals surface area contributed by atoms with Crippen molar-refractivity contribution in [2.75, 3.05) is 14.2 Å². The molecular weight excluding hydrogens is 318 g/mol. The molecule has 0 bridgehead atoms. The quantitative estimate of drug-likeness (QED) is 0.491. The largest absolute Gasteiger partial charge is 0.465 e. The number of esters is 2. The molecule has 8 nitrogen and oxygen atoms in total. The highest BCUT2D eigenvalue weighted by Gasteiger charge is 2.19. The highest BCUT2D eigenvalue weighted by atomic mass is 16.6. The summed E-state index contributed by atoms with van der Waals surface area (Å²) in [4.78, 5) is 45.3. The zero-order valence-electron chi connectivity index (χ0n) is 13.4. The molecule has 24 heavy (non-hydrogen) atoms. The van der Waals surface area contributed by atoms with Crippen LogP contribution in [-0.2, 0) is 23.8 Å². The van der Waals surface area contributed by atoms with Gasteiger partial charge in [-0.2, -0.15) is 0 Å². The number of benzene rings is 1. The lowest BCUT2D eigenvalue weighted by Gasteiger charge is -2.10. The Balaban J connectivity index is 2.57. The van der Waals surface area contributed by atoms with E-state index in [4.69, 9.17) is 4.74 Å². The van der Waals surface area contributed by atoms with Crippen molar-refractivity contribution in [2.45, 2.75) is 13.0 Å². The lowest BCUT2D eigenvalue weighted by Crippen LogP contribution is -2.39. The van der Waals surface area contributed by atoms with Crippen LogP contribution in [0.3, 0.4) is 0 Å². The molecule has 1 atom stereocenters. The average molecular weight is 335 g/mol. The van der Waals surface area contributed by atoms with E-state index in [0.29, 0.717) is 11.1 Å². The van der Waals surface area contributed by atoms with E-state index >= 15 is 0 Å². The molecule has 1 aromatic carbocycles. The van der Waals surface area contributed by atoms with Gasteiger partial charge in [0.25, 0.3) is 5.91 Å². The summed E-state index contributed by atoms with van der Waals surface area (Å²) < 4.78 is 13.7.